The molecule has 2 aromatic carbocycles. The first-order valence-corrected chi connectivity index (χ1v) is 9.30. The van der Waals surface area contributed by atoms with Gasteiger partial charge in [-0.1, -0.05) is 18.2 Å². The number of H-pyrrole nitrogens is 1. The van der Waals surface area contributed by atoms with Gasteiger partial charge in [-0.05, 0) is 47.5 Å². The van der Waals surface area contributed by atoms with Crippen molar-refractivity contribution in [3.63, 3.8) is 0 Å². The van der Waals surface area contributed by atoms with Gasteiger partial charge >= 0.3 is 0 Å². The number of halogens is 1. The molecule has 6 nitrogen and oxygen atoms in total. The van der Waals surface area contributed by atoms with Crippen LogP contribution in [0.5, 0.6) is 5.75 Å². The third-order valence-corrected chi connectivity index (χ3v) is 4.79. The lowest BCUT2D eigenvalue weighted by Crippen LogP contribution is -2.23. The summed E-state index contributed by atoms with van der Waals surface area (Å²) in [6, 6.07) is 14.1. The summed E-state index contributed by atoms with van der Waals surface area (Å²) in [6.45, 7) is 0.313. The highest BCUT2D eigenvalue weighted by atomic mass is 19.1. The largest absolute Gasteiger partial charge is 0.507 e. The van der Waals surface area contributed by atoms with Crippen LogP contribution in [-0.4, -0.2) is 21.0 Å². The van der Waals surface area contributed by atoms with Crippen molar-refractivity contribution >= 4 is 16.8 Å². The highest BCUT2D eigenvalue weighted by Crippen LogP contribution is 2.27. The van der Waals surface area contributed by atoms with E-state index >= 15 is 0 Å². The van der Waals surface area contributed by atoms with E-state index in [1.807, 2.05) is 6.07 Å². The Labute approximate surface area is 171 Å². The van der Waals surface area contributed by atoms with E-state index in [1.54, 1.807) is 42.7 Å². The molecule has 0 fully saturated rings. The number of fused-ring (bicyclic) bond motifs is 1. The summed E-state index contributed by atoms with van der Waals surface area (Å²) >= 11 is 0. The molecule has 0 bridgehead atoms. The molecule has 0 unspecified atom stereocenters. The number of pyridine rings is 2. The predicted octanol–water partition coefficient (Wildman–Crippen LogP) is 3.29. The van der Waals surface area contributed by atoms with E-state index in [-0.39, 0.29) is 23.6 Å². The zero-order valence-corrected chi connectivity index (χ0v) is 15.9. The smallest absolute Gasteiger partial charge is 0.255 e. The molecule has 3 N–H and O–H groups in total. The topological polar surface area (TPSA) is 95.1 Å². The van der Waals surface area contributed by atoms with Crippen molar-refractivity contribution in [2.75, 3.05) is 0 Å². The lowest BCUT2D eigenvalue weighted by Gasteiger charge is -2.10. The van der Waals surface area contributed by atoms with E-state index in [9.17, 15) is 19.1 Å². The summed E-state index contributed by atoms with van der Waals surface area (Å²) in [6.07, 6.45) is 3.38. The molecular weight excluding hydrogens is 385 g/mol. The zero-order chi connectivity index (χ0) is 21.1. The van der Waals surface area contributed by atoms with Crippen LogP contribution in [0.4, 0.5) is 4.39 Å². The molecular formula is C23H18FN3O3. The second-order valence-electron chi connectivity index (χ2n) is 6.89. The van der Waals surface area contributed by atoms with Crippen LogP contribution < -0.4 is 10.9 Å². The van der Waals surface area contributed by atoms with Crippen LogP contribution >= 0.6 is 0 Å². The van der Waals surface area contributed by atoms with E-state index in [4.69, 9.17) is 0 Å². The summed E-state index contributed by atoms with van der Waals surface area (Å²) < 4.78 is 13.5. The summed E-state index contributed by atoms with van der Waals surface area (Å²) in [5, 5.41) is 13.9. The molecule has 2 aromatic heterocycles. The van der Waals surface area contributed by atoms with Crippen LogP contribution in [0.1, 0.15) is 27.0 Å². The van der Waals surface area contributed by atoms with Gasteiger partial charge in [-0.15, -0.1) is 0 Å². The number of carbonyl (C=O) groups excluding carboxylic acids is 1. The molecule has 7 heteroatoms. The molecule has 0 aliphatic heterocycles. The van der Waals surface area contributed by atoms with Gasteiger partial charge in [0.25, 0.3) is 11.5 Å². The lowest BCUT2D eigenvalue weighted by atomic mass is 10.0. The molecule has 0 saturated heterocycles. The van der Waals surface area contributed by atoms with Crippen LogP contribution in [-0.2, 0) is 13.0 Å². The van der Waals surface area contributed by atoms with Crippen molar-refractivity contribution < 1.29 is 14.3 Å². The number of aromatic hydroxyl groups is 1. The zero-order valence-electron chi connectivity index (χ0n) is 15.9. The number of benzene rings is 2. The van der Waals surface area contributed by atoms with E-state index < -0.39 is 11.4 Å². The molecule has 0 atom stereocenters. The molecule has 4 rings (SSSR count). The van der Waals surface area contributed by atoms with Gasteiger partial charge in [0.05, 0.1) is 11.1 Å². The number of nitrogens with one attached hydrogen (secondary N) is 2. The van der Waals surface area contributed by atoms with Crippen molar-refractivity contribution in [2.45, 2.75) is 13.0 Å². The molecule has 0 saturated carbocycles. The molecule has 0 radical (unpaired) electrons. The Kier molecular flexibility index (Phi) is 5.26. The number of aromatic amines is 1. The van der Waals surface area contributed by atoms with Gasteiger partial charge in [-0.3, -0.25) is 14.6 Å². The Morgan fingerprint density at radius 3 is 2.70 bits per heavy atom. The second kappa shape index (κ2) is 8.16. The maximum absolute atomic E-state index is 13.5. The molecule has 4 aromatic rings. The quantitative estimate of drug-likeness (QED) is 0.477. The first-order chi connectivity index (χ1) is 14.5. The van der Waals surface area contributed by atoms with Crippen LogP contribution in [0.2, 0.25) is 0 Å². The summed E-state index contributed by atoms with van der Waals surface area (Å²) in [4.78, 5) is 31.7. The minimum atomic E-state index is -0.460. The summed E-state index contributed by atoms with van der Waals surface area (Å²) in [5.41, 5.74) is 1.81. The Morgan fingerprint density at radius 2 is 1.93 bits per heavy atom. The highest BCUT2D eigenvalue weighted by Gasteiger charge is 2.15. The average Bonchev–Trinajstić information content (AvgIpc) is 2.75. The van der Waals surface area contributed by atoms with E-state index in [0.29, 0.717) is 28.6 Å². The number of hydrogen-bond acceptors (Lipinski definition) is 4. The number of nitrogens with zero attached hydrogens (tertiary/aromatic N) is 1. The van der Waals surface area contributed by atoms with Gasteiger partial charge < -0.3 is 15.4 Å². The lowest BCUT2D eigenvalue weighted by molar-refractivity contribution is 0.0951. The van der Waals surface area contributed by atoms with Crippen LogP contribution in [0.25, 0.3) is 10.9 Å². The first-order valence-electron chi connectivity index (χ1n) is 9.30. The number of aromatic nitrogens is 2. The second-order valence-corrected chi connectivity index (χ2v) is 6.89. The average molecular weight is 403 g/mol. The normalized spacial score (nSPS) is 10.8. The van der Waals surface area contributed by atoms with Crippen molar-refractivity contribution in [1.82, 2.24) is 15.3 Å². The molecule has 30 heavy (non-hydrogen) atoms. The van der Waals surface area contributed by atoms with Crippen LogP contribution in [0.15, 0.2) is 71.8 Å². The molecule has 2 heterocycles. The van der Waals surface area contributed by atoms with Gasteiger partial charge in [0.2, 0.25) is 0 Å². The standard InChI is InChI=1S/C23H18FN3O3/c24-17-5-1-3-14(9-17)10-19-21(28)18-11-16(6-7-20(18)27-23(19)30)22(29)26-13-15-4-2-8-25-12-15/h1-9,11-12H,10,13H2,(H,26,29)(H2,27,28,30). The minimum Gasteiger partial charge on any atom is -0.507 e. The van der Waals surface area contributed by atoms with Gasteiger partial charge in [0, 0.05) is 36.3 Å². The van der Waals surface area contributed by atoms with Gasteiger partial charge in [0.15, 0.2) is 0 Å². The third kappa shape index (κ3) is 4.05. The van der Waals surface area contributed by atoms with Gasteiger partial charge in [0.1, 0.15) is 11.6 Å². The number of amides is 1. The Balaban J connectivity index is 1.64. The van der Waals surface area contributed by atoms with E-state index in [2.05, 4.69) is 15.3 Å². The molecule has 0 spiro atoms. The van der Waals surface area contributed by atoms with Gasteiger partial charge in [-0.25, -0.2) is 4.39 Å². The fraction of sp³-hybridized carbons (Fsp3) is 0.0870. The van der Waals surface area contributed by atoms with E-state index in [0.717, 1.165) is 5.56 Å². The molecule has 150 valence electrons. The Hall–Kier alpha value is -4.00. The molecule has 1 amide bonds. The minimum absolute atomic E-state index is 0.0618. The van der Waals surface area contributed by atoms with Crippen molar-refractivity contribution in [2.24, 2.45) is 0 Å². The molecule has 0 aliphatic rings. The summed E-state index contributed by atoms with van der Waals surface area (Å²) in [7, 11) is 0. The van der Waals surface area contributed by atoms with Crippen molar-refractivity contribution in [3.05, 3.63) is 105 Å². The van der Waals surface area contributed by atoms with Gasteiger partial charge in [-0.2, -0.15) is 0 Å². The number of rotatable bonds is 5. The first kappa shape index (κ1) is 19.3. The maximum atomic E-state index is 13.5. The summed E-state index contributed by atoms with van der Waals surface area (Å²) in [5.74, 6) is -0.963. The molecule has 0 aliphatic carbocycles. The fourth-order valence-corrected chi connectivity index (χ4v) is 3.26. The van der Waals surface area contributed by atoms with Crippen molar-refractivity contribution in [1.29, 1.82) is 0 Å². The Morgan fingerprint density at radius 1 is 1.10 bits per heavy atom. The fourth-order valence-electron chi connectivity index (χ4n) is 3.26. The third-order valence-electron chi connectivity index (χ3n) is 4.79. The maximum Gasteiger partial charge on any atom is 0.255 e. The monoisotopic (exact) mass is 403 g/mol. The number of carbonyl (C=O) groups is 1. The van der Waals surface area contributed by atoms with Crippen molar-refractivity contribution in [3.8, 4) is 5.75 Å². The SMILES string of the molecule is O=C(NCc1cccnc1)c1ccc2[nH]c(=O)c(Cc3cccc(F)c3)c(O)c2c1. The number of hydrogen-bond donors (Lipinski definition) is 3. The predicted molar refractivity (Wildman–Crippen MR) is 111 cm³/mol. The van der Waals surface area contributed by atoms with Crippen LogP contribution in [0, 0.1) is 5.82 Å². The highest BCUT2D eigenvalue weighted by molar-refractivity contribution is 5.99. The Bertz CT molecular complexity index is 1290. The van der Waals surface area contributed by atoms with Crippen LogP contribution in [0.3, 0.4) is 0 Å². The van der Waals surface area contributed by atoms with E-state index in [1.165, 1.54) is 18.2 Å².